The summed E-state index contributed by atoms with van der Waals surface area (Å²) in [5.41, 5.74) is 1.13. The van der Waals surface area contributed by atoms with E-state index >= 15 is 0 Å². The molecule has 10 heteroatoms. The largest absolute Gasteiger partial charge is 0.497 e. The molecule has 1 aliphatic rings. The van der Waals surface area contributed by atoms with Gasteiger partial charge >= 0.3 is 0 Å². The Bertz CT molecular complexity index is 1210. The number of furan rings is 1. The summed E-state index contributed by atoms with van der Waals surface area (Å²) >= 11 is 0. The molecule has 0 N–H and O–H groups in total. The molecule has 0 saturated carbocycles. The molecule has 9 nitrogen and oxygen atoms in total. The van der Waals surface area contributed by atoms with Gasteiger partial charge in [-0.15, -0.1) is 0 Å². The molecule has 2 amide bonds. The van der Waals surface area contributed by atoms with Crippen molar-refractivity contribution in [3.63, 3.8) is 0 Å². The molecule has 40 heavy (non-hydrogen) atoms. The zero-order valence-electron chi connectivity index (χ0n) is 23.0. The van der Waals surface area contributed by atoms with E-state index in [2.05, 4.69) is 4.90 Å². The molecular formula is C30H36FN3O6. The number of hydrogen-bond donors (Lipinski definition) is 0. The topological polar surface area (TPSA) is 84.7 Å². The Balaban J connectivity index is 1.54. The van der Waals surface area contributed by atoms with Gasteiger partial charge in [-0.1, -0.05) is 12.1 Å². The van der Waals surface area contributed by atoms with Crippen molar-refractivity contribution in [2.45, 2.75) is 19.5 Å². The van der Waals surface area contributed by atoms with Crippen LogP contribution in [0.15, 0.2) is 65.3 Å². The highest BCUT2D eigenvalue weighted by atomic mass is 19.1. The highest BCUT2D eigenvalue weighted by molar-refractivity contribution is 5.97. The summed E-state index contributed by atoms with van der Waals surface area (Å²) in [6.07, 6.45) is 2.24. The molecule has 0 spiro atoms. The molecule has 3 aromatic rings. The van der Waals surface area contributed by atoms with Crippen LogP contribution in [-0.4, -0.2) is 86.7 Å². The summed E-state index contributed by atoms with van der Waals surface area (Å²) in [4.78, 5) is 33.0. The van der Waals surface area contributed by atoms with E-state index in [4.69, 9.17) is 18.6 Å². The zero-order chi connectivity index (χ0) is 28.3. The minimum Gasteiger partial charge on any atom is -0.497 e. The Hall–Kier alpha value is -3.89. The SMILES string of the molecule is COc1cc(OC)cc(C(=O)N(CCCN2CCOCC2)CC(=O)N(Cc2ccc(F)cc2)Cc2ccco2)c1. The molecule has 0 atom stereocenters. The van der Waals surface area contributed by atoms with Crippen molar-refractivity contribution >= 4 is 11.8 Å². The van der Waals surface area contributed by atoms with Gasteiger partial charge in [0, 0.05) is 44.4 Å². The molecule has 2 aromatic carbocycles. The van der Waals surface area contributed by atoms with Crippen LogP contribution in [0.2, 0.25) is 0 Å². The summed E-state index contributed by atoms with van der Waals surface area (Å²) in [5.74, 6) is 0.676. The van der Waals surface area contributed by atoms with Crippen LogP contribution in [0.5, 0.6) is 11.5 Å². The van der Waals surface area contributed by atoms with Gasteiger partial charge in [-0.2, -0.15) is 0 Å². The number of methoxy groups -OCH3 is 2. The number of halogens is 1. The number of amides is 2. The van der Waals surface area contributed by atoms with Crippen LogP contribution in [0.1, 0.15) is 28.1 Å². The van der Waals surface area contributed by atoms with Crippen molar-refractivity contribution in [2.75, 3.05) is 60.2 Å². The lowest BCUT2D eigenvalue weighted by atomic mass is 10.1. The van der Waals surface area contributed by atoms with E-state index < -0.39 is 0 Å². The Morgan fingerprint density at radius 2 is 1.65 bits per heavy atom. The zero-order valence-corrected chi connectivity index (χ0v) is 23.0. The Labute approximate surface area is 234 Å². The predicted octanol–water partition coefficient (Wildman–Crippen LogP) is 3.83. The molecule has 2 heterocycles. The van der Waals surface area contributed by atoms with Crippen LogP contribution in [0, 0.1) is 5.82 Å². The molecule has 4 rings (SSSR count). The second-order valence-corrected chi connectivity index (χ2v) is 9.59. The maximum absolute atomic E-state index is 13.8. The monoisotopic (exact) mass is 553 g/mol. The van der Waals surface area contributed by atoms with Gasteiger partial charge in [0.2, 0.25) is 5.91 Å². The van der Waals surface area contributed by atoms with E-state index in [0.717, 1.165) is 25.2 Å². The first-order valence-corrected chi connectivity index (χ1v) is 13.3. The van der Waals surface area contributed by atoms with Crippen LogP contribution in [0.3, 0.4) is 0 Å². The van der Waals surface area contributed by atoms with Gasteiger partial charge in [-0.25, -0.2) is 4.39 Å². The van der Waals surface area contributed by atoms with E-state index in [1.807, 2.05) is 0 Å². The van der Waals surface area contributed by atoms with Gasteiger partial charge in [0.25, 0.3) is 5.91 Å². The third-order valence-corrected chi connectivity index (χ3v) is 6.78. The average molecular weight is 554 g/mol. The Morgan fingerprint density at radius 1 is 0.950 bits per heavy atom. The fraction of sp³-hybridized carbons (Fsp3) is 0.400. The van der Waals surface area contributed by atoms with Crippen molar-refractivity contribution in [3.05, 3.63) is 83.6 Å². The first-order chi connectivity index (χ1) is 19.4. The Morgan fingerprint density at radius 3 is 2.27 bits per heavy atom. The molecule has 1 fully saturated rings. The molecule has 1 saturated heterocycles. The molecule has 0 unspecified atom stereocenters. The van der Waals surface area contributed by atoms with E-state index in [1.165, 1.54) is 26.4 Å². The highest BCUT2D eigenvalue weighted by Gasteiger charge is 2.25. The number of carbonyl (C=O) groups excluding carboxylic acids is 2. The third-order valence-electron chi connectivity index (χ3n) is 6.78. The van der Waals surface area contributed by atoms with Gasteiger partial charge in [0.1, 0.15) is 29.6 Å². The summed E-state index contributed by atoms with van der Waals surface area (Å²) < 4.78 is 35.2. The lowest BCUT2D eigenvalue weighted by Crippen LogP contribution is -2.44. The molecule has 0 aliphatic carbocycles. The fourth-order valence-electron chi connectivity index (χ4n) is 4.57. The summed E-state index contributed by atoms with van der Waals surface area (Å²) in [6.45, 7) is 4.55. The van der Waals surface area contributed by atoms with Crippen LogP contribution in [0.4, 0.5) is 4.39 Å². The van der Waals surface area contributed by atoms with Crippen LogP contribution in [-0.2, 0) is 22.6 Å². The maximum Gasteiger partial charge on any atom is 0.254 e. The molecule has 0 bridgehead atoms. The predicted molar refractivity (Wildman–Crippen MR) is 147 cm³/mol. The highest BCUT2D eigenvalue weighted by Crippen LogP contribution is 2.24. The van der Waals surface area contributed by atoms with Crippen LogP contribution >= 0.6 is 0 Å². The Kier molecular flexibility index (Phi) is 10.5. The fourth-order valence-corrected chi connectivity index (χ4v) is 4.57. The van der Waals surface area contributed by atoms with Gasteiger partial charge in [-0.3, -0.25) is 14.5 Å². The van der Waals surface area contributed by atoms with Gasteiger partial charge in [0.15, 0.2) is 0 Å². The summed E-state index contributed by atoms with van der Waals surface area (Å²) in [6, 6.07) is 14.5. The molecular weight excluding hydrogens is 517 g/mol. The first-order valence-electron chi connectivity index (χ1n) is 13.3. The minimum absolute atomic E-state index is 0.136. The van der Waals surface area contributed by atoms with Gasteiger partial charge < -0.3 is 28.4 Å². The number of hydrogen-bond acceptors (Lipinski definition) is 7. The van der Waals surface area contributed by atoms with Crippen LogP contribution < -0.4 is 9.47 Å². The quantitative estimate of drug-likeness (QED) is 0.318. The maximum atomic E-state index is 13.8. The first kappa shape index (κ1) is 29.1. The van der Waals surface area contributed by atoms with Crippen molar-refractivity contribution in [2.24, 2.45) is 0 Å². The number of nitrogens with zero attached hydrogens (tertiary/aromatic N) is 3. The molecule has 1 aliphatic heterocycles. The summed E-state index contributed by atoms with van der Waals surface area (Å²) in [7, 11) is 3.04. The van der Waals surface area contributed by atoms with Crippen LogP contribution in [0.25, 0.3) is 0 Å². The van der Waals surface area contributed by atoms with E-state index in [0.29, 0.717) is 49.0 Å². The van der Waals surface area contributed by atoms with E-state index in [1.54, 1.807) is 58.5 Å². The second kappa shape index (κ2) is 14.5. The number of carbonyl (C=O) groups is 2. The van der Waals surface area contributed by atoms with Crippen molar-refractivity contribution in [1.82, 2.24) is 14.7 Å². The number of ether oxygens (including phenoxy) is 3. The standard InChI is InChI=1S/C30H36FN3O6/c1-37-27-17-24(18-28(19-27)38-2)30(36)33(11-4-10-32-12-15-39-16-13-32)22-29(35)34(21-26-5-3-14-40-26)20-23-6-8-25(31)9-7-23/h3,5-9,14,17-19H,4,10-13,15-16,20-22H2,1-2H3. The summed E-state index contributed by atoms with van der Waals surface area (Å²) in [5, 5.41) is 0. The lowest BCUT2D eigenvalue weighted by molar-refractivity contribution is -0.133. The number of benzene rings is 2. The number of morpholine rings is 1. The van der Waals surface area contributed by atoms with E-state index in [-0.39, 0.29) is 37.3 Å². The second-order valence-electron chi connectivity index (χ2n) is 9.59. The minimum atomic E-state index is -0.349. The van der Waals surface area contributed by atoms with E-state index in [9.17, 15) is 14.0 Å². The molecule has 214 valence electrons. The van der Waals surface area contributed by atoms with Gasteiger partial charge in [0.05, 0.1) is 40.2 Å². The smallest absolute Gasteiger partial charge is 0.254 e. The molecule has 0 radical (unpaired) electrons. The number of rotatable bonds is 13. The normalized spacial score (nSPS) is 13.6. The lowest BCUT2D eigenvalue weighted by Gasteiger charge is -2.30. The van der Waals surface area contributed by atoms with Crippen molar-refractivity contribution in [1.29, 1.82) is 0 Å². The van der Waals surface area contributed by atoms with Crippen molar-refractivity contribution in [3.8, 4) is 11.5 Å². The third kappa shape index (κ3) is 8.30. The molecule has 1 aromatic heterocycles. The van der Waals surface area contributed by atoms with Crippen molar-refractivity contribution < 1.29 is 32.6 Å². The average Bonchev–Trinajstić information content (AvgIpc) is 3.50. The van der Waals surface area contributed by atoms with Gasteiger partial charge in [-0.05, 0) is 48.4 Å².